The van der Waals surface area contributed by atoms with E-state index in [1.165, 1.54) is 21.8 Å². The van der Waals surface area contributed by atoms with Crippen LogP contribution >= 0.6 is 0 Å². The molecular formula is C25H25N3O. The number of aromatic nitrogens is 1. The third-order valence-electron chi connectivity index (χ3n) is 5.72. The van der Waals surface area contributed by atoms with Crippen molar-refractivity contribution >= 4 is 33.4 Å². The first-order chi connectivity index (χ1) is 14.2. The highest BCUT2D eigenvalue weighted by molar-refractivity contribution is 6.09. The molecule has 1 aromatic heterocycles. The minimum atomic E-state index is -0.409. The van der Waals surface area contributed by atoms with Crippen LogP contribution in [0.25, 0.3) is 21.8 Å². The largest absolute Gasteiger partial charge is 0.370 e. The van der Waals surface area contributed by atoms with E-state index < -0.39 is 6.04 Å². The molecular weight excluding hydrogens is 358 g/mol. The van der Waals surface area contributed by atoms with E-state index >= 15 is 0 Å². The molecule has 0 radical (unpaired) electrons. The third kappa shape index (κ3) is 3.35. The quantitative estimate of drug-likeness (QED) is 0.478. The summed E-state index contributed by atoms with van der Waals surface area (Å²) in [5.41, 5.74) is 4.39. The van der Waals surface area contributed by atoms with Gasteiger partial charge in [-0.1, -0.05) is 48.5 Å². The number of anilines is 1. The normalized spacial score (nSPS) is 14.8. The highest BCUT2D eigenvalue weighted by Crippen LogP contribution is 2.32. The second kappa shape index (κ2) is 7.28. The molecule has 3 aromatic carbocycles. The number of benzene rings is 3. The van der Waals surface area contributed by atoms with E-state index in [-0.39, 0.29) is 5.91 Å². The first-order valence-electron chi connectivity index (χ1n) is 10.4. The maximum atomic E-state index is 12.9. The standard InChI is InChI=1S/C25H25N3O/c1-2-28-22-11-7-6-10-20(22)21-16-19(14-15-23(21)28)26-24(17-8-4-3-5-9-17)25(29)27-18-12-13-18/h3-11,14-16,18,24,26H,2,12-13H2,1H3,(H,27,29). The smallest absolute Gasteiger partial charge is 0.247 e. The van der Waals surface area contributed by atoms with Gasteiger partial charge in [-0.15, -0.1) is 0 Å². The van der Waals surface area contributed by atoms with Crippen molar-refractivity contribution in [2.24, 2.45) is 0 Å². The molecule has 0 saturated heterocycles. The van der Waals surface area contributed by atoms with E-state index in [0.717, 1.165) is 30.6 Å². The summed E-state index contributed by atoms with van der Waals surface area (Å²) >= 11 is 0. The number of hydrogen-bond donors (Lipinski definition) is 2. The minimum absolute atomic E-state index is 0.0368. The van der Waals surface area contributed by atoms with Gasteiger partial charge < -0.3 is 15.2 Å². The van der Waals surface area contributed by atoms with E-state index in [4.69, 9.17) is 0 Å². The van der Waals surface area contributed by atoms with Gasteiger partial charge in [0.2, 0.25) is 5.91 Å². The number of carbonyl (C=O) groups excluding carboxylic acids is 1. The van der Waals surface area contributed by atoms with Gasteiger partial charge >= 0.3 is 0 Å². The Bertz CT molecular complexity index is 1170. The molecule has 2 N–H and O–H groups in total. The molecule has 4 heteroatoms. The lowest BCUT2D eigenvalue weighted by molar-refractivity contribution is -0.122. The molecule has 146 valence electrons. The molecule has 1 unspecified atom stereocenters. The van der Waals surface area contributed by atoms with Crippen LogP contribution in [0.4, 0.5) is 5.69 Å². The Morgan fingerprint density at radius 3 is 2.45 bits per heavy atom. The number of amides is 1. The number of hydrogen-bond acceptors (Lipinski definition) is 2. The summed E-state index contributed by atoms with van der Waals surface area (Å²) in [6, 6.07) is 24.8. The highest BCUT2D eigenvalue weighted by atomic mass is 16.2. The van der Waals surface area contributed by atoms with E-state index in [1.54, 1.807) is 0 Å². The van der Waals surface area contributed by atoms with E-state index in [9.17, 15) is 4.79 Å². The van der Waals surface area contributed by atoms with Crippen molar-refractivity contribution in [3.05, 3.63) is 78.4 Å². The Morgan fingerprint density at radius 1 is 0.966 bits per heavy atom. The minimum Gasteiger partial charge on any atom is -0.370 e. The van der Waals surface area contributed by atoms with E-state index in [0.29, 0.717) is 6.04 Å². The van der Waals surface area contributed by atoms with Crippen LogP contribution in [0.15, 0.2) is 72.8 Å². The zero-order valence-corrected chi connectivity index (χ0v) is 16.6. The molecule has 29 heavy (non-hydrogen) atoms. The summed E-state index contributed by atoms with van der Waals surface area (Å²) < 4.78 is 2.34. The maximum Gasteiger partial charge on any atom is 0.247 e. The second-order valence-corrected chi connectivity index (χ2v) is 7.76. The first kappa shape index (κ1) is 17.8. The Kier molecular flexibility index (Phi) is 4.47. The van der Waals surface area contributed by atoms with Crippen LogP contribution < -0.4 is 10.6 Å². The lowest BCUT2D eigenvalue weighted by Gasteiger charge is -2.20. The van der Waals surface area contributed by atoms with Crippen LogP contribution in [-0.4, -0.2) is 16.5 Å². The molecule has 1 heterocycles. The van der Waals surface area contributed by atoms with Crippen molar-refractivity contribution < 1.29 is 4.79 Å². The summed E-state index contributed by atoms with van der Waals surface area (Å²) in [7, 11) is 0. The Hall–Kier alpha value is -3.27. The van der Waals surface area contributed by atoms with Crippen LogP contribution in [-0.2, 0) is 11.3 Å². The molecule has 1 fully saturated rings. The Balaban J connectivity index is 1.54. The summed E-state index contributed by atoms with van der Waals surface area (Å²) in [5.74, 6) is 0.0368. The number of carbonyl (C=O) groups is 1. The lowest BCUT2D eigenvalue weighted by Crippen LogP contribution is -2.34. The number of aryl methyl sites for hydroxylation is 1. The van der Waals surface area contributed by atoms with Gasteiger partial charge in [0.1, 0.15) is 6.04 Å². The molecule has 0 aliphatic heterocycles. The van der Waals surface area contributed by atoms with Crippen LogP contribution in [0.2, 0.25) is 0 Å². The number of nitrogens with one attached hydrogen (secondary N) is 2. The van der Waals surface area contributed by atoms with Gasteiger partial charge in [-0.3, -0.25) is 4.79 Å². The highest BCUT2D eigenvalue weighted by Gasteiger charge is 2.28. The van der Waals surface area contributed by atoms with Gasteiger partial charge in [0.05, 0.1) is 0 Å². The summed E-state index contributed by atoms with van der Waals surface area (Å²) in [4.78, 5) is 12.9. The molecule has 1 aliphatic rings. The third-order valence-corrected chi connectivity index (χ3v) is 5.72. The van der Waals surface area contributed by atoms with E-state index in [1.807, 2.05) is 30.3 Å². The number of para-hydroxylation sites is 1. The molecule has 1 aliphatic carbocycles. The SMILES string of the molecule is CCn1c2ccccc2c2cc(NC(C(=O)NC3CC3)c3ccccc3)ccc21. The van der Waals surface area contributed by atoms with Crippen LogP contribution in [0.1, 0.15) is 31.4 Å². The zero-order chi connectivity index (χ0) is 19.8. The summed E-state index contributed by atoms with van der Waals surface area (Å²) in [6.07, 6.45) is 2.16. The molecule has 0 bridgehead atoms. The number of nitrogens with zero attached hydrogens (tertiary/aromatic N) is 1. The summed E-state index contributed by atoms with van der Waals surface area (Å²) in [6.45, 7) is 3.10. The fraction of sp³-hybridized carbons (Fsp3) is 0.240. The molecule has 4 nitrogen and oxygen atoms in total. The zero-order valence-electron chi connectivity index (χ0n) is 16.6. The number of rotatable bonds is 6. The monoisotopic (exact) mass is 383 g/mol. The fourth-order valence-electron chi connectivity index (χ4n) is 4.11. The van der Waals surface area contributed by atoms with Gasteiger partial charge in [0, 0.05) is 40.1 Å². The summed E-state index contributed by atoms with van der Waals surface area (Å²) in [5, 5.41) is 9.09. The van der Waals surface area contributed by atoms with E-state index in [2.05, 4.69) is 64.6 Å². The maximum absolute atomic E-state index is 12.9. The van der Waals surface area contributed by atoms with Gasteiger partial charge in [0.25, 0.3) is 0 Å². The van der Waals surface area contributed by atoms with Crippen molar-refractivity contribution in [1.82, 2.24) is 9.88 Å². The van der Waals surface area contributed by atoms with Gasteiger partial charge in [-0.25, -0.2) is 0 Å². The Morgan fingerprint density at radius 2 is 1.69 bits per heavy atom. The predicted molar refractivity (Wildman–Crippen MR) is 119 cm³/mol. The number of fused-ring (bicyclic) bond motifs is 3. The molecule has 5 rings (SSSR count). The average molecular weight is 383 g/mol. The van der Waals surface area contributed by atoms with Crippen molar-refractivity contribution in [3.63, 3.8) is 0 Å². The molecule has 4 aromatic rings. The molecule has 0 spiro atoms. The van der Waals surface area contributed by atoms with Crippen LogP contribution in [0.5, 0.6) is 0 Å². The van der Waals surface area contributed by atoms with Gasteiger partial charge in [-0.2, -0.15) is 0 Å². The predicted octanol–water partition coefficient (Wildman–Crippen LogP) is 5.25. The average Bonchev–Trinajstić information content (AvgIpc) is 3.52. The first-order valence-corrected chi connectivity index (χ1v) is 10.4. The lowest BCUT2D eigenvalue weighted by atomic mass is 10.0. The second-order valence-electron chi connectivity index (χ2n) is 7.76. The van der Waals surface area contributed by atoms with Gasteiger partial charge in [-0.05, 0) is 49.6 Å². The molecule has 1 amide bonds. The van der Waals surface area contributed by atoms with Crippen LogP contribution in [0, 0.1) is 0 Å². The molecule has 1 saturated carbocycles. The van der Waals surface area contributed by atoms with Crippen LogP contribution in [0.3, 0.4) is 0 Å². The van der Waals surface area contributed by atoms with Crippen molar-refractivity contribution in [2.75, 3.05) is 5.32 Å². The van der Waals surface area contributed by atoms with Gasteiger partial charge in [0.15, 0.2) is 0 Å². The topological polar surface area (TPSA) is 46.1 Å². The molecule has 1 atom stereocenters. The fourth-order valence-corrected chi connectivity index (χ4v) is 4.11. The van der Waals surface area contributed by atoms with Crippen molar-refractivity contribution in [2.45, 2.75) is 38.4 Å². The van der Waals surface area contributed by atoms with Crippen molar-refractivity contribution in [1.29, 1.82) is 0 Å². The van der Waals surface area contributed by atoms with Crippen molar-refractivity contribution in [3.8, 4) is 0 Å². The Labute approximate surface area is 170 Å².